The van der Waals surface area contributed by atoms with Gasteiger partial charge in [-0.25, -0.2) is 9.78 Å². The SMILES string of the molecule is O=C(O)c1c(C2CC2)n(-c2ccccc2)c2nccnc12. The maximum Gasteiger partial charge on any atom is 0.339 e. The van der Waals surface area contributed by atoms with Crippen molar-refractivity contribution in [2.45, 2.75) is 18.8 Å². The average Bonchev–Trinajstić information content (AvgIpc) is 3.28. The third-order valence-electron chi connectivity index (χ3n) is 3.82. The van der Waals surface area contributed by atoms with Gasteiger partial charge in [-0.05, 0) is 25.0 Å². The third-order valence-corrected chi connectivity index (χ3v) is 3.82. The van der Waals surface area contributed by atoms with Gasteiger partial charge in [-0.1, -0.05) is 18.2 Å². The van der Waals surface area contributed by atoms with Crippen LogP contribution in [0.4, 0.5) is 0 Å². The molecule has 1 aromatic carbocycles. The number of benzene rings is 1. The summed E-state index contributed by atoms with van der Waals surface area (Å²) in [6.07, 6.45) is 5.18. The lowest BCUT2D eigenvalue weighted by molar-refractivity contribution is 0.0697. The molecule has 1 N–H and O–H groups in total. The molecule has 1 aliphatic rings. The van der Waals surface area contributed by atoms with Crippen molar-refractivity contribution in [2.75, 3.05) is 0 Å². The average molecular weight is 279 g/mol. The number of aromatic nitrogens is 3. The van der Waals surface area contributed by atoms with Gasteiger partial charge in [0.05, 0.1) is 0 Å². The van der Waals surface area contributed by atoms with Gasteiger partial charge in [-0.2, -0.15) is 0 Å². The Balaban J connectivity index is 2.14. The lowest BCUT2D eigenvalue weighted by Gasteiger charge is -2.09. The molecule has 2 heterocycles. The summed E-state index contributed by atoms with van der Waals surface area (Å²) in [6.45, 7) is 0. The van der Waals surface area contributed by atoms with Gasteiger partial charge in [0.15, 0.2) is 5.65 Å². The number of fused-ring (bicyclic) bond motifs is 1. The predicted molar refractivity (Wildman–Crippen MR) is 77.8 cm³/mol. The first-order valence-electron chi connectivity index (χ1n) is 6.91. The molecule has 3 aromatic rings. The fraction of sp³-hybridized carbons (Fsp3) is 0.188. The van der Waals surface area contributed by atoms with Crippen molar-refractivity contribution in [3.63, 3.8) is 0 Å². The Hall–Kier alpha value is -2.69. The first-order chi connectivity index (χ1) is 10.3. The Morgan fingerprint density at radius 1 is 1.14 bits per heavy atom. The largest absolute Gasteiger partial charge is 0.478 e. The van der Waals surface area contributed by atoms with Crippen molar-refractivity contribution in [1.29, 1.82) is 0 Å². The Labute approximate surface area is 120 Å². The van der Waals surface area contributed by atoms with Gasteiger partial charge in [0.25, 0.3) is 0 Å². The Morgan fingerprint density at radius 3 is 2.52 bits per heavy atom. The van der Waals surface area contributed by atoms with Crippen LogP contribution in [0.25, 0.3) is 16.9 Å². The summed E-state index contributed by atoms with van der Waals surface area (Å²) in [5, 5.41) is 9.62. The van der Waals surface area contributed by atoms with Crippen LogP contribution in [-0.2, 0) is 0 Å². The van der Waals surface area contributed by atoms with Crippen LogP contribution in [0.15, 0.2) is 42.7 Å². The molecule has 0 radical (unpaired) electrons. The van der Waals surface area contributed by atoms with E-state index in [1.54, 1.807) is 12.4 Å². The molecular weight excluding hydrogens is 266 g/mol. The van der Waals surface area contributed by atoms with E-state index in [9.17, 15) is 9.90 Å². The number of hydrogen-bond donors (Lipinski definition) is 1. The molecule has 0 saturated heterocycles. The number of carbonyl (C=O) groups is 1. The molecule has 104 valence electrons. The maximum atomic E-state index is 11.7. The zero-order chi connectivity index (χ0) is 14.4. The van der Waals surface area contributed by atoms with Crippen molar-refractivity contribution in [2.24, 2.45) is 0 Å². The summed E-state index contributed by atoms with van der Waals surface area (Å²) in [4.78, 5) is 20.4. The molecule has 0 bridgehead atoms. The topological polar surface area (TPSA) is 68.0 Å². The second-order valence-electron chi connectivity index (χ2n) is 5.24. The smallest absolute Gasteiger partial charge is 0.339 e. The number of nitrogens with zero attached hydrogens (tertiary/aromatic N) is 3. The molecule has 0 spiro atoms. The molecular formula is C16H13N3O2. The summed E-state index contributed by atoms with van der Waals surface area (Å²) in [6, 6.07) is 9.75. The van der Waals surface area contributed by atoms with Gasteiger partial charge < -0.3 is 5.11 Å². The van der Waals surface area contributed by atoms with E-state index in [0.29, 0.717) is 16.7 Å². The van der Waals surface area contributed by atoms with E-state index in [0.717, 1.165) is 24.2 Å². The highest BCUT2D eigenvalue weighted by molar-refractivity contribution is 6.03. The van der Waals surface area contributed by atoms with Crippen LogP contribution in [-0.4, -0.2) is 25.6 Å². The van der Waals surface area contributed by atoms with E-state index in [-0.39, 0.29) is 5.92 Å². The van der Waals surface area contributed by atoms with E-state index < -0.39 is 5.97 Å². The number of rotatable bonds is 3. The standard InChI is InChI=1S/C16H13N3O2/c20-16(21)12-13-15(18-9-8-17-13)19(14(12)10-6-7-10)11-4-2-1-3-5-11/h1-5,8-10H,6-7H2,(H,20,21). The van der Waals surface area contributed by atoms with Gasteiger partial charge in [-0.15, -0.1) is 0 Å². The van der Waals surface area contributed by atoms with Gasteiger partial charge in [0.2, 0.25) is 0 Å². The van der Waals surface area contributed by atoms with Crippen LogP contribution in [0.3, 0.4) is 0 Å². The zero-order valence-corrected chi connectivity index (χ0v) is 11.2. The first kappa shape index (κ1) is 12.1. The van der Waals surface area contributed by atoms with Crippen molar-refractivity contribution >= 4 is 17.1 Å². The summed E-state index contributed by atoms with van der Waals surface area (Å²) in [5.74, 6) is -0.649. The monoisotopic (exact) mass is 279 g/mol. The Kier molecular flexibility index (Phi) is 2.54. The fourth-order valence-corrected chi connectivity index (χ4v) is 2.81. The lowest BCUT2D eigenvalue weighted by Crippen LogP contribution is -2.05. The van der Waals surface area contributed by atoms with E-state index in [1.165, 1.54) is 0 Å². The van der Waals surface area contributed by atoms with Crippen molar-refractivity contribution in [3.8, 4) is 5.69 Å². The van der Waals surface area contributed by atoms with Gasteiger partial charge in [-0.3, -0.25) is 9.55 Å². The molecule has 0 atom stereocenters. The molecule has 0 unspecified atom stereocenters. The molecule has 1 saturated carbocycles. The minimum absolute atomic E-state index is 0.285. The van der Waals surface area contributed by atoms with Crippen molar-refractivity contribution in [1.82, 2.24) is 14.5 Å². The molecule has 2 aromatic heterocycles. The van der Waals surface area contributed by atoms with Gasteiger partial charge in [0, 0.05) is 29.7 Å². The van der Waals surface area contributed by atoms with E-state index >= 15 is 0 Å². The van der Waals surface area contributed by atoms with Crippen LogP contribution < -0.4 is 0 Å². The van der Waals surface area contributed by atoms with Crippen molar-refractivity contribution < 1.29 is 9.90 Å². The summed E-state index contributed by atoms with van der Waals surface area (Å²) in [5.41, 5.74) is 3.13. The predicted octanol–water partition coefficient (Wildman–Crippen LogP) is 3.00. The maximum absolute atomic E-state index is 11.7. The second kappa shape index (κ2) is 4.41. The highest BCUT2D eigenvalue weighted by atomic mass is 16.4. The number of carboxylic acid groups (broad SMARTS) is 1. The van der Waals surface area contributed by atoms with Crippen LogP contribution >= 0.6 is 0 Å². The Bertz CT molecular complexity index is 835. The highest BCUT2D eigenvalue weighted by Crippen LogP contribution is 2.45. The van der Waals surface area contributed by atoms with Crippen LogP contribution in [0.1, 0.15) is 34.8 Å². The quantitative estimate of drug-likeness (QED) is 0.800. The summed E-state index contributed by atoms with van der Waals surface area (Å²) >= 11 is 0. The molecule has 1 aliphatic carbocycles. The minimum Gasteiger partial charge on any atom is -0.478 e. The lowest BCUT2D eigenvalue weighted by atomic mass is 10.1. The molecule has 1 fully saturated rings. The third kappa shape index (κ3) is 1.81. The van der Waals surface area contributed by atoms with Crippen LogP contribution in [0.2, 0.25) is 0 Å². The summed E-state index contributed by atoms with van der Waals surface area (Å²) in [7, 11) is 0. The van der Waals surface area contributed by atoms with E-state index in [4.69, 9.17) is 0 Å². The molecule has 5 nitrogen and oxygen atoms in total. The molecule has 0 aliphatic heterocycles. The van der Waals surface area contributed by atoms with Crippen LogP contribution in [0.5, 0.6) is 0 Å². The minimum atomic E-state index is -0.933. The first-order valence-corrected chi connectivity index (χ1v) is 6.91. The van der Waals surface area contributed by atoms with Gasteiger partial charge in [0.1, 0.15) is 11.1 Å². The highest BCUT2D eigenvalue weighted by Gasteiger charge is 2.35. The number of hydrogen-bond acceptors (Lipinski definition) is 3. The fourth-order valence-electron chi connectivity index (χ4n) is 2.81. The van der Waals surface area contributed by atoms with Crippen molar-refractivity contribution in [3.05, 3.63) is 54.0 Å². The van der Waals surface area contributed by atoms with Gasteiger partial charge >= 0.3 is 5.97 Å². The second-order valence-corrected chi connectivity index (χ2v) is 5.24. The Morgan fingerprint density at radius 2 is 1.86 bits per heavy atom. The van der Waals surface area contributed by atoms with E-state index in [2.05, 4.69) is 9.97 Å². The zero-order valence-electron chi connectivity index (χ0n) is 11.2. The van der Waals surface area contributed by atoms with Crippen LogP contribution in [0, 0.1) is 0 Å². The molecule has 5 heteroatoms. The molecule has 21 heavy (non-hydrogen) atoms. The number of carboxylic acids is 1. The summed E-state index contributed by atoms with van der Waals surface area (Å²) < 4.78 is 1.95. The number of para-hydroxylation sites is 1. The number of aromatic carboxylic acids is 1. The normalized spacial score (nSPS) is 14.5. The van der Waals surface area contributed by atoms with E-state index in [1.807, 2.05) is 34.9 Å². The molecule has 4 rings (SSSR count). The molecule has 0 amide bonds.